The number of esters is 1. The lowest BCUT2D eigenvalue weighted by atomic mass is 9.85. The van der Waals surface area contributed by atoms with E-state index in [-0.39, 0.29) is 22.9 Å². The second-order valence-electron chi connectivity index (χ2n) is 8.32. The van der Waals surface area contributed by atoms with Crippen LogP contribution in [0.5, 0.6) is 0 Å². The van der Waals surface area contributed by atoms with Gasteiger partial charge in [-0.2, -0.15) is 0 Å². The Kier molecular flexibility index (Phi) is 7.43. The third kappa shape index (κ3) is 5.20. The number of hydrogen-bond donors (Lipinski definition) is 1. The van der Waals surface area contributed by atoms with Gasteiger partial charge < -0.3 is 10.1 Å². The molecule has 1 aliphatic carbocycles. The Labute approximate surface area is 203 Å². The predicted octanol–water partition coefficient (Wildman–Crippen LogP) is 5.63. The standard InChI is InChI=1S/C28H25ClFNO3/c1-34-28(33)26(23-15-13-21(30)17-24(23)29)20-12-14-22(16-20)31-27(32)25(18-8-4-2-5-9-18)19-10-6-3-7-11-19/h2-15,17,20,22,25-26H,16H2,1H3,(H,31,32)/t20-,22+,26-/m0/s1. The Bertz CT molecular complexity index is 1140. The average molecular weight is 478 g/mol. The van der Waals surface area contributed by atoms with Crippen molar-refractivity contribution in [1.29, 1.82) is 0 Å². The van der Waals surface area contributed by atoms with E-state index < -0.39 is 23.6 Å². The van der Waals surface area contributed by atoms with Crippen LogP contribution in [0.15, 0.2) is 91.0 Å². The molecule has 1 aliphatic rings. The van der Waals surface area contributed by atoms with Gasteiger partial charge in [0, 0.05) is 11.1 Å². The lowest BCUT2D eigenvalue weighted by molar-refractivity contribution is -0.143. The van der Waals surface area contributed by atoms with Crippen LogP contribution in [-0.2, 0) is 14.3 Å². The summed E-state index contributed by atoms with van der Waals surface area (Å²) in [5.41, 5.74) is 2.30. The van der Waals surface area contributed by atoms with Crippen molar-refractivity contribution in [3.63, 3.8) is 0 Å². The normalized spacial score (nSPS) is 18.0. The van der Waals surface area contributed by atoms with Crippen molar-refractivity contribution in [2.75, 3.05) is 7.11 Å². The number of carbonyl (C=O) groups excluding carboxylic acids is 2. The molecular formula is C28H25ClFNO3. The molecule has 4 nitrogen and oxygen atoms in total. The molecule has 0 bridgehead atoms. The van der Waals surface area contributed by atoms with Gasteiger partial charge in [-0.25, -0.2) is 4.39 Å². The van der Waals surface area contributed by atoms with Crippen LogP contribution < -0.4 is 5.32 Å². The minimum absolute atomic E-state index is 0.123. The van der Waals surface area contributed by atoms with Gasteiger partial charge in [0.05, 0.1) is 18.9 Å². The molecule has 6 heteroatoms. The number of methoxy groups -OCH3 is 1. The fourth-order valence-corrected chi connectivity index (χ4v) is 4.83. The molecule has 0 unspecified atom stereocenters. The van der Waals surface area contributed by atoms with Crippen LogP contribution in [-0.4, -0.2) is 25.0 Å². The van der Waals surface area contributed by atoms with Crippen molar-refractivity contribution in [3.8, 4) is 0 Å². The second-order valence-corrected chi connectivity index (χ2v) is 8.73. The third-order valence-electron chi connectivity index (χ3n) is 6.15. The first-order valence-corrected chi connectivity index (χ1v) is 11.5. The fourth-order valence-electron chi connectivity index (χ4n) is 4.55. The molecule has 0 heterocycles. The van der Waals surface area contributed by atoms with Crippen LogP contribution in [0, 0.1) is 11.7 Å². The smallest absolute Gasteiger partial charge is 0.313 e. The predicted molar refractivity (Wildman–Crippen MR) is 130 cm³/mol. The highest BCUT2D eigenvalue weighted by Crippen LogP contribution is 2.38. The number of hydrogen-bond acceptors (Lipinski definition) is 3. The molecule has 34 heavy (non-hydrogen) atoms. The monoisotopic (exact) mass is 477 g/mol. The van der Waals surface area contributed by atoms with Gasteiger partial charge in [0.25, 0.3) is 0 Å². The maximum Gasteiger partial charge on any atom is 0.313 e. The molecule has 174 valence electrons. The van der Waals surface area contributed by atoms with Crippen molar-refractivity contribution in [2.45, 2.75) is 24.3 Å². The topological polar surface area (TPSA) is 55.4 Å². The van der Waals surface area contributed by atoms with Gasteiger partial charge in [-0.1, -0.05) is 90.5 Å². The van der Waals surface area contributed by atoms with Crippen molar-refractivity contribution < 1.29 is 18.7 Å². The highest BCUT2D eigenvalue weighted by atomic mass is 35.5. The highest BCUT2D eigenvalue weighted by Gasteiger charge is 2.36. The number of nitrogens with one attached hydrogen (secondary N) is 1. The SMILES string of the molecule is COC(=O)[C@H](c1ccc(F)cc1Cl)[C@H]1C=C[C@@H](NC(=O)C(c2ccccc2)c2ccccc2)C1. The summed E-state index contributed by atoms with van der Waals surface area (Å²) < 4.78 is 18.6. The highest BCUT2D eigenvalue weighted by molar-refractivity contribution is 6.31. The number of allylic oxidation sites excluding steroid dienone is 1. The van der Waals surface area contributed by atoms with E-state index in [2.05, 4.69) is 5.32 Å². The molecule has 1 amide bonds. The molecule has 3 aromatic carbocycles. The van der Waals surface area contributed by atoms with E-state index in [4.69, 9.17) is 16.3 Å². The van der Waals surface area contributed by atoms with Gasteiger partial charge in [-0.15, -0.1) is 0 Å². The molecule has 3 aromatic rings. The number of ether oxygens (including phenoxy) is 1. The molecule has 4 rings (SSSR count). The van der Waals surface area contributed by atoms with E-state index in [9.17, 15) is 14.0 Å². The van der Waals surface area contributed by atoms with Crippen molar-refractivity contribution in [1.82, 2.24) is 5.32 Å². The zero-order valence-corrected chi connectivity index (χ0v) is 19.4. The zero-order chi connectivity index (χ0) is 24.1. The molecule has 1 N–H and O–H groups in total. The molecule has 0 radical (unpaired) electrons. The Hall–Kier alpha value is -3.44. The Morgan fingerprint density at radius 2 is 1.59 bits per heavy atom. The van der Waals surface area contributed by atoms with Gasteiger partial charge in [-0.3, -0.25) is 9.59 Å². The lowest BCUT2D eigenvalue weighted by Gasteiger charge is -2.24. The van der Waals surface area contributed by atoms with Crippen LogP contribution in [0.25, 0.3) is 0 Å². The van der Waals surface area contributed by atoms with Gasteiger partial charge in [0.1, 0.15) is 5.82 Å². The molecular weight excluding hydrogens is 453 g/mol. The number of carbonyl (C=O) groups is 2. The molecule has 3 atom stereocenters. The van der Waals surface area contributed by atoms with E-state index in [1.807, 2.05) is 72.8 Å². The minimum atomic E-state index is -0.699. The summed E-state index contributed by atoms with van der Waals surface area (Å²) >= 11 is 6.26. The maximum atomic E-state index is 13.6. The van der Waals surface area contributed by atoms with Crippen molar-refractivity contribution in [3.05, 3.63) is 119 Å². The Balaban J connectivity index is 1.53. The summed E-state index contributed by atoms with van der Waals surface area (Å²) in [4.78, 5) is 26.1. The molecule has 0 spiro atoms. The average Bonchev–Trinajstić information content (AvgIpc) is 3.29. The molecule has 0 fully saturated rings. The number of rotatable bonds is 7. The summed E-state index contributed by atoms with van der Waals surface area (Å²) in [5.74, 6) is -2.47. The summed E-state index contributed by atoms with van der Waals surface area (Å²) in [6.07, 6.45) is 4.28. The second kappa shape index (κ2) is 10.7. The Morgan fingerprint density at radius 3 is 2.15 bits per heavy atom. The van der Waals surface area contributed by atoms with Crippen LogP contribution in [0.1, 0.15) is 34.9 Å². The van der Waals surface area contributed by atoms with E-state index in [0.29, 0.717) is 12.0 Å². The van der Waals surface area contributed by atoms with E-state index in [0.717, 1.165) is 11.1 Å². The molecule has 0 saturated heterocycles. The largest absolute Gasteiger partial charge is 0.469 e. The molecule has 0 saturated carbocycles. The lowest BCUT2D eigenvalue weighted by Crippen LogP contribution is -2.37. The first kappa shape index (κ1) is 23.7. The van der Waals surface area contributed by atoms with Crippen molar-refractivity contribution >= 4 is 23.5 Å². The van der Waals surface area contributed by atoms with Crippen LogP contribution in [0.2, 0.25) is 5.02 Å². The molecule has 0 aromatic heterocycles. The summed E-state index contributed by atoms with van der Waals surface area (Å²) in [5, 5.41) is 3.29. The van der Waals surface area contributed by atoms with Crippen LogP contribution in [0.4, 0.5) is 4.39 Å². The Morgan fingerprint density at radius 1 is 0.971 bits per heavy atom. The first-order chi connectivity index (χ1) is 16.5. The summed E-state index contributed by atoms with van der Waals surface area (Å²) in [7, 11) is 1.31. The van der Waals surface area contributed by atoms with Gasteiger partial charge in [-0.05, 0) is 41.2 Å². The summed E-state index contributed by atoms with van der Waals surface area (Å²) in [6.45, 7) is 0. The number of benzene rings is 3. The van der Waals surface area contributed by atoms with Crippen LogP contribution >= 0.6 is 11.6 Å². The number of halogens is 2. The van der Waals surface area contributed by atoms with E-state index >= 15 is 0 Å². The maximum absolute atomic E-state index is 13.6. The van der Waals surface area contributed by atoms with Crippen molar-refractivity contribution in [2.24, 2.45) is 5.92 Å². The van der Waals surface area contributed by atoms with Gasteiger partial charge >= 0.3 is 5.97 Å². The van der Waals surface area contributed by atoms with E-state index in [1.165, 1.54) is 25.3 Å². The molecule has 0 aliphatic heterocycles. The number of amides is 1. The summed E-state index contributed by atoms with van der Waals surface area (Å²) in [6, 6.07) is 23.0. The van der Waals surface area contributed by atoms with Gasteiger partial charge in [0.15, 0.2) is 0 Å². The fraction of sp³-hybridized carbons (Fsp3) is 0.214. The quantitative estimate of drug-likeness (QED) is 0.354. The van der Waals surface area contributed by atoms with E-state index in [1.54, 1.807) is 0 Å². The van der Waals surface area contributed by atoms with Gasteiger partial charge in [0.2, 0.25) is 5.91 Å². The first-order valence-electron chi connectivity index (χ1n) is 11.1. The minimum Gasteiger partial charge on any atom is -0.469 e. The third-order valence-corrected chi connectivity index (χ3v) is 6.48. The zero-order valence-electron chi connectivity index (χ0n) is 18.7. The van der Waals surface area contributed by atoms with Crippen LogP contribution in [0.3, 0.4) is 0 Å².